The molecule has 0 aliphatic heterocycles. The van der Waals surface area contributed by atoms with Gasteiger partial charge in [-0.05, 0) is 31.0 Å². The van der Waals surface area contributed by atoms with Crippen LogP contribution in [0.5, 0.6) is 0 Å². The van der Waals surface area contributed by atoms with Crippen LogP contribution >= 0.6 is 0 Å². The number of nitrogens with zero attached hydrogens (tertiary/aromatic N) is 1. The molecule has 3 N–H and O–H groups in total. The van der Waals surface area contributed by atoms with Gasteiger partial charge < -0.3 is 15.8 Å². The molecule has 1 rings (SSSR count). The Morgan fingerprint density at radius 3 is 2.63 bits per heavy atom. The molecule has 0 aromatic heterocycles. The van der Waals surface area contributed by atoms with Crippen molar-refractivity contribution >= 4 is 11.6 Å². The van der Waals surface area contributed by atoms with Crippen molar-refractivity contribution in [2.75, 3.05) is 25.1 Å². The van der Waals surface area contributed by atoms with Gasteiger partial charge in [-0.25, -0.2) is 0 Å². The van der Waals surface area contributed by atoms with Crippen LogP contribution in [0.3, 0.4) is 0 Å². The Morgan fingerprint density at radius 2 is 2.05 bits per heavy atom. The number of nitrogens with two attached hydrogens (primary N) is 1. The van der Waals surface area contributed by atoms with Crippen molar-refractivity contribution < 1.29 is 4.74 Å². The van der Waals surface area contributed by atoms with Crippen molar-refractivity contribution in [3.63, 3.8) is 0 Å². The molecule has 0 bridgehead atoms. The zero-order valence-electron chi connectivity index (χ0n) is 11.8. The molecule has 0 fully saturated rings. The fourth-order valence-electron chi connectivity index (χ4n) is 1.49. The van der Waals surface area contributed by atoms with Gasteiger partial charge in [0.1, 0.15) is 0 Å². The number of aryl methyl sites for hydroxylation is 1. The topological polar surface area (TPSA) is 59.6 Å². The third-order valence-electron chi connectivity index (χ3n) is 2.50. The second-order valence-corrected chi connectivity index (χ2v) is 4.45. The van der Waals surface area contributed by atoms with Crippen LogP contribution in [0.25, 0.3) is 0 Å². The van der Waals surface area contributed by atoms with Crippen molar-refractivity contribution in [3.8, 4) is 0 Å². The molecule has 0 saturated carbocycles. The van der Waals surface area contributed by atoms with Crippen LogP contribution in [-0.4, -0.2) is 25.7 Å². The molecule has 0 aliphatic rings. The van der Waals surface area contributed by atoms with E-state index in [4.69, 9.17) is 10.5 Å². The lowest BCUT2D eigenvalue weighted by molar-refractivity contribution is 0.165. The zero-order chi connectivity index (χ0) is 14.1. The van der Waals surface area contributed by atoms with Crippen LogP contribution in [0.4, 0.5) is 5.69 Å². The van der Waals surface area contributed by atoms with Gasteiger partial charge in [0.2, 0.25) is 0 Å². The number of benzene rings is 1. The number of anilines is 1. The Balaban J connectivity index is 2.32. The molecule has 19 heavy (non-hydrogen) atoms. The SMILES string of the molecule is C=C(C)COCCN=C(N)Nc1ccc(CC)cc1. The summed E-state index contributed by atoms with van der Waals surface area (Å²) in [6.45, 7) is 9.48. The van der Waals surface area contributed by atoms with E-state index in [2.05, 4.69) is 35.9 Å². The summed E-state index contributed by atoms with van der Waals surface area (Å²) >= 11 is 0. The van der Waals surface area contributed by atoms with Gasteiger partial charge in [-0.1, -0.05) is 31.2 Å². The van der Waals surface area contributed by atoms with Gasteiger partial charge in [0.05, 0.1) is 19.8 Å². The van der Waals surface area contributed by atoms with E-state index in [0.29, 0.717) is 25.7 Å². The first-order chi connectivity index (χ1) is 9.11. The minimum Gasteiger partial charge on any atom is -0.375 e. The van der Waals surface area contributed by atoms with Gasteiger partial charge in [0, 0.05) is 5.69 Å². The molecular weight excluding hydrogens is 238 g/mol. The first kappa shape index (κ1) is 15.2. The number of rotatable bonds is 7. The molecule has 104 valence electrons. The first-order valence-electron chi connectivity index (χ1n) is 6.49. The largest absolute Gasteiger partial charge is 0.375 e. The number of hydrogen-bond acceptors (Lipinski definition) is 2. The third kappa shape index (κ3) is 6.62. The first-order valence-corrected chi connectivity index (χ1v) is 6.49. The van der Waals surface area contributed by atoms with Gasteiger partial charge in [0.15, 0.2) is 5.96 Å². The number of aliphatic imine (C=N–C) groups is 1. The van der Waals surface area contributed by atoms with Gasteiger partial charge in [0.25, 0.3) is 0 Å². The van der Waals surface area contributed by atoms with Gasteiger partial charge in [-0.15, -0.1) is 0 Å². The Morgan fingerprint density at radius 1 is 1.37 bits per heavy atom. The van der Waals surface area contributed by atoms with E-state index < -0.39 is 0 Å². The smallest absolute Gasteiger partial charge is 0.193 e. The summed E-state index contributed by atoms with van der Waals surface area (Å²) in [5.41, 5.74) is 9.04. The van der Waals surface area contributed by atoms with Gasteiger partial charge >= 0.3 is 0 Å². The Labute approximate surface area is 115 Å². The summed E-state index contributed by atoms with van der Waals surface area (Å²) in [7, 11) is 0. The van der Waals surface area contributed by atoms with Crippen LogP contribution in [0, 0.1) is 0 Å². The predicted octanol–water partition coefficient (Wildman–Crippen LogP) is 2.57. The molecule has 4 nitrogen and oxygen atoms in total. The fraction of sp³-hybridized carbons (Fsp3) is 0.400. The molecule has 0 radical (unpaired) electrons. The maximum atomic E-state index is 5.78. The molecule has 0 atom stereocenters. The highest BCUT2D eigenvalue weighted by atomic mass is 16.5. The number of ether oxygens (including phenoxy) is 1. The maximum absolute atomic E-state index is 5.78. The summed E-state index contributed by atoms with van der Waals surface area (Å²) in [6.07, 6.45) is 1.03. The van der Waals surface area contributed by atoms with Gasteiger partial charge in [-0.2, -0.15) is 0 Å². The molecule has 0 heterocycles. The van der Waals surface area contributed by atoms with Crippen molar-refractivity contribution in [1.82, 2.24) is 0 Å². The lowest BCUT2D eigenvalue weighted by Gasteiger charge is -2.06. The highest BCUT2D eigenvalue weighted by Gasteiger charge is 1.95. The Hall–Kier alpha value is -1.81. The Bertz CT molecular complexity index is 424. The summed E-state index contributed by atoms with van der Waals surface area (Å²) < 4.78 is 5.34. The van der Waals surface area contributed by atoms with Crippen LogP contribution in [-0.2, 0) is 11.2 Å². The molecule has 0 unspecified atom stereocenters. The molecule has 0 saturated heterocycles. The monoisotopic (exact) mass is 261 g/mol. The number of hydrogen-bond donors (Lipinski definition) is 2. The van der Waals surface area contributed by atoms with E-state index in [9.17, 15) is 0 Å². The third-order valence-corrected chi connectivity index (χ3v) is 2.50. The summed E-state index contributed by atoms with van der Waals surface area (Å²) in [5, 5.41) is 3.05. The number of nitrogens with one attached hydrogen (secondary N) is 1. The lowest BCUT2D eigenvalue weighted by atomic mass is 10.1. The van der Waals surface area contributed by atoms with E-state index in [0.717, 1.165) is 17.7 Å². The quantitative estimate of drug-likeness (QED) is 0.343. The van der Waals surface area contributed by atoms with Gasteiger partial charge in [-0.3, -0.25) is 4.99 Å². The second kappa shape index (κ2) is 8.32. The average Bonchev–Trinajstić information content (AvgIpc) is 2.39. The minimum atomic E-state index is 0.406. The number of guanidine groups is 1. The van der Waals surface area contributed by atoms with Crippen LogP contribution < -0.4 is 11.1 Å². The zero-order valence-corrected chi connectivity index (χ0v) is 11.8. The molecule has 0 aliphatic carbocycles. The van der Waals surface area contributed by atoms with Crippen molar-refractivity contribution in [1.29, 1.82) is 0 Å². The minimum absolute atomic E-state index is 0.406. The standard InChI is InChI=1S/C15H23N3O/c1-4-13-5-7-14(8-6-13)18-15(16)17-9-10-19-11-12(2)3/h5-8H,2,4,9-11H2,1,3H3,(H3,16,17,18). The predicted molar refractivity (Wildman–Crippen MR) is 81.6 cm³/mol. The summed E-state index contributed by atoms with van der Waals surface area (Å²) in [4.78, 5) is 4.19. The van der Waals surface area contributed by atoms with Crippen molar-refractivity contribution in [2.45, 2.75) is 20.3 Å². The highest BCUT2D eigenvalue weighted by molar-refractivity contribution is 5.92. The molecule has 1 aromatic carbocycles. The van der Waals surface area contributed by atoms with E-state index in [-0.39, 0.29) is 0 Å². The van der Waals surface area contributed by atoms with Crippen molar-refractivity contribution in [3.05, 3.63) is 42.0 Å². The average molecular weight is 261 g/mol. The summed E-state index contributed by atoms with van der Waals surface area (Å²) in [5.74, 6) is 0.406. The molecule has 1 aromatic rings. The van der Waals surface area contributed by atoms with E-state index in [1.807, 2.05) is 19.1 Å². The molecule has 4 heteroatoms. The fourth-order valence-corrected chi connectivity index (χ4v) is 1.49. The highest BCUT2D eigenvalue weighted by Crippen LogP contribution is 2.09. The van der Waals surface area contributed by atoms with Crippen LogP contribution in [0.2, 0.25) is 0 Å². The molecular formula is C15H23N3O. The Kier molecular flexibility index (Phi) is 6.68. The maximum Gasteiger partial charge on any atom is 0.193 e. The second-order valence-electron chi connectivity index (χ2n) is 4.45. The van der Waals surface area contributed by atoms with Crippen LogP contribution in [0.1, 0.15) is 19.4 Å². The molecule has 0 spiro atoms. The van der Waals surface area contributed by atoms with E-state index in [1.165, 1.54) is 5.56 Å². The lowest BCUT2D eigenvalue weighted by Crippen LogP contribution is -2.23. The normalized spacial score (nSPS) is 11.4. The summed E-state index contributed by atoms with van der Waals surface area (Å²) in [6, 6.07) is 8.15. The van der Waals surface area contributed by atoms with Crippen LogP contribution in [0.15, 0.2) is 41.4 Å². The van der Waals surface area contributed by atoms with Crippen molar-refractivity contribution in [2.24, 2.45) is 10.7 Å². The van der Waals surface area contributed by atoms with E-state index in [1.54, 1.807) is 0 Å². The van der Waals surface area contributed by atoms with E-state index >= 15 is 0 Å². The molecule has 0 amide bonds.